The number of alkyl halides is 3. The van der Waals surface area contributed by atoms with Crippen molar-refractivity contribution in [1.29, 1.82) is 0 Å². The van der Waals surface area contributed by atoms with Crippen LogP contribution in [0.25, 0.3) is 11.1 Å². The lowest BCUT2D eigenvalue weighted by molar-refractivity contribution is -0.177. The summed E-state index contributed by atoms with van der Waals surface area (Å²) < 4.78 is 70.2. The Hall–Kier alpha value is -3.70. The van der Waals surface area contributed by atoms with E-state index in [4.69, 9.17) is 0 Å². The Morgan fingerprint density at radius 3 is 2.31 bits per heavy atom. The number of nitrogens with zero attached hydrogens (tertiary/aromatic N) is 1. The molecule has 0 spiro atoms. The van der Waals surface area contributed by atoms with Gasteiger partial charge in [-0.05, 0) is 30.2 Å². The number of ether oxygens (including phenoxy) is 1. The van der Waals surface area contributed by atoms with Gasteiger partial charge in [-0.25, -0.2) is 23.4 Å². The molecule has 2 N–H and O–H groups in total. The molecule has 3 amide bonds. The van der Waals surface area contributed by atoms with Crippen LogP contribution in [0.4, 0.5) is 26.7 Å². The number of esters is 1. The van der Waals surface area contributed by atoms with Gasteiger partial charge in [0.2, 0.25) is 0 Å². The highest BCUT2D eigenvalue weighted by atomic mass is 19.4. The average molecular weight is 459 g/mol. The molecule has 0 aromatic heterocycles. The van der Waals surface area contributed by atoms with E-state index in [0.29, 0.717) is 5.01 Å². The topological polar surface area (TPSA) is 87.7 Å². The van der Waals surface area contributed by atoms with Gasteiger partial charge in [0, 0.05) is 18.7 Å². The lowest BCUT2D eigenvalue weighted by Crippen LogP contribution is -2.53. The Morgan fingerprint density at radius 2 is 1.75 bits per heavy atom. The van der Waals surface area contributed by atoms with Gasteiger partial charge in [-0.3, -0.25) is 10.2 Å². The zero-order valence-electron chi connectivity index (χ0n) is 16.8. The summed E-state index contributed by atoms with van der Waals surface area (Å²) in [6.07, 6.45) is -5.18. The third-order valence-electron chi connectivity index (χ3n) is 4.25. The van der Waals surface area contributed by atoms with E-state index in [2.05, 4.69) is 10.1 Å². The van der Waals surface area contributed by atoms with Crippen molar-refractivity contribution in [3.05, 3.63) is 59.2 Å². The molecule has 2 aromatic rings. The van der Waals surface area contributed by atoms with Gasteiger partial charge in [-0.2, -0.15) is 13.2 Å². The minimum Gasteiger partial charge on any atom is -0.465 e. The molecule has 7 nitrogen and oxygen atoms in total. The third kappa shape index (κ3) is 5.71. The molecular weight excluding hydrogens is 441 g/mol. The van der Waals surface area contributed by atoms with Crippen molar-refractivity contribution in [2.75, 3.05) is 13.7 Å². The largest absolute Gasteiger partial charge is 0.472 e. The zero-order chi connectivity index (χ0) is 24.1. The Bertz CT molecular complexity index is 1030. The second-order valence-corrected chi connectivity index (χ2v) is 6.30. The van der Waals surface area contributed by atoms with E-state index in [1.807, 2.05) is 0 Å². The molecule has 0 bridgehead atoms. The van der Waals surface area contributed by atoms with Crippen LogP contribution in [0.1, 0.15) is 22.8 Å². The van der Waals surface area contributed by atoms with E-state index in [9.17, 15) is 36.3 Å². The quantitative estimate of drug-likeness (QED) is 0.407. The van der Waals surface area contributed by atoms with Crippen LogP contribution in [0, 0.1) is 11.6 Å². The van der Waals surface area contributed by atoms with Gasteiger partial charge in [-0.1, -0.05) is 24.3 Å². The molecule has 2 aromatic carbocycles. The summed E-state index contributed by atoms with van der Waals surface area (Å²) in [5.74, 6) is -4.96. The molecule has 0 saturated heterocycles. The van der Waals surface area contributed by atoms with Crippen LogP contribution in [-0.2, 0) is 16.1 Å². The van der Waals surface area contributed by atoms with Gasteiger partial charge in [0.05, 0.1) is 7.11 Å². The van der Waals surface area contributed by atoms with Crippen molar-refractivity contribution in [3.63, 3.8) is 0 Å². The van der Waals surface area contributed by atoms with Gasteiger partial charge in [0.15, 0.2) is 0 Å². The van der Waals surface area contributed by atoms with Crippen LogP contribution < -0.4 is 10.7 Å². The number of methoxy groups -OCH3 is 1. The SMILES string of the molecule is CCN(NC(=O)C(F)(F)F)C(=O)NCc1ccc(-c2cccc(F)c2C(=O)OC)cc1F. The van der Waals surface area contributed by atoms with Crippen molar-refractivity contribution in [2.45, 2.75) is 19.6 Å². The second kappa shape index (κ2) is 10.1. The number of nitrogens with one attached hydrogen (secondary N) is 2. The fourth-order valence-electron chi connectivity index (χ4n) is 2.66. The fourth-order valence-corrected chi connectivity index (χ4v) is 2.66. The van der Waals surface area contributed by atoms with Gasteiger partial charge >= 0.3 is 24.1 Å². The van der Waals surface area contributed by atoms with Crippen LogP contribution in [0.15, 0.2) is 36.4 Å². The Balaban J connectivity index is 2.17. The molecule has 0 heterocycles. The van der Waals surface area contributed by atoms with Crippen molar-refractivity contribution in [3.8, 4) is 11.1 Å². The number of amides is 3. The second-order valence-electron chi connectivity index (χ2n) is 6.30. The van der Waals surface area contributed by atoms with Crippen LogP contribution in [0.2, 0.25) is 0 Å². The lowest BCUT2D eigenvalue weighted by Gasteiger charge is -2.22. The maximum atomic E-state index is 14.6. The predicted molar refractivity (Wildman–Crippen MR) is 102 cm³/mol. The first kappa shape index (κ1) is 24.6. The highest BCUT2D eigenvalue weighted by Crippen LogP contribution is 2.28. The Morgan fingerprint density at radius 1 is 1.06 bits per heavy atom. The minimum atomic E-state index is -5.18. The van der Waals surface area contributed by atoms with Gasteiger partial charge < -0.3 is 10.1 Å². The number of urea groups is 1. The molecule has 0 fully saturated rings. The Labute approximate surface area is 179 Å². The maximum Gasteiger partial charge on any atom is 0.472 e. The molecule has 2 rings (SSSR count). The lowest BCUT2D eigenvalue weighted by atomic mass is 9.98. The van der Waals surface area contributed by atoms with Gasteiger partial charge in [0.25, 0.3) is 0 Å². The summed E-state index contributed by atoms with van der Waals surface area (Å²) in [7, 11) is 1.07. The first-order valence-electron chi connectivity index (χ1n) is 9.08. The molecule has 0 aliphatic carbocycles. The molecule has 172 valence electrons. The predicted octanol–water partition coefficient (Wildman–Crippen LogP) is 3.54. The monoisotopic (exact) mass is 459 g/mol. The van der Waals surface area contributed by atoms with Crippen LogP contribution in [0.5, 0.6) is 0 Å². The number of hydrogen-bond donors (Lipinski definition) is 2. The van der Waals surface area contributed by atoms with E-state index in [0.717, 1.165) is 19.2 Å². The number of halogens is 5. The fraction of sp³-hybridized carbons (Fsp3) is 0.250. The highest BCUT2D eigenvalue weighted by molar-refractivity contribution is 5.97. The van der Waals surface area contributed by atoms with E-state index < -0.39 is 42.3 Å². The van der Waals surface area contributed by atoms with E-state index in [1.54, 1.807) is 0 Å². The summed E-state index contributed by atoms with van der Waals surface area (Å²) in [6, 6.07) is 6.31. The minimum absolute atomic E-state index is 0.0451. The Kier molecular flexibility index (Phi) is 7.73. The molecule has 0 aliphatic heterocycles. The average Bonchev–Trinajstić information content (AvgIpc) is 2.74. The molecule has 12 heteroatoms. The van der Waals surface area contributed by atoms with E-state index >= 15 is 0 Å². The number of benzene rings is 2. The van der Waals surface area contributed by atoms with Crippen LogP contribution >= 0.6 is 0 Å². The molecule has 0 unspecified atom stereocenters. The van der Waals surface area contributed by atoms with Crippen molar-refractivity contribution < 1.29 is 41.1 Å². The summed E-state index contributed by atoms with van der Waals surface area (Å²) >= 11 is 0. The van der Waals surface area contributed by atoms with Crippen LogP contribution in [0.3, 0.4) is 0 Å². The number of rotatable bonds is 5. The number of hydrogen-bond acceptors (Lipinski definition) is 4. The standard InChI is InChI=1S/C20H18F5N3O4/c1-3-28(27-18(30)20(23,24)25)19(31)26-10-12-8-7-11(9-15(12)22)13-5-4-6-14(21)16(13)17(29)32-2/h4-9H,3,10H2,1-2H3,(H,26,31)(H,27,30). The number of carbonyl (C=O) groups excluding carboxylic acids is 3. The molecule has 0 atom stereocenters. The smallest absolute Gasteiger partial charge is 0.465 e. The number of hydrazine groups is 1. The molecule has 0 aliphatic rings. The molecule has 32 heavy (non-hydrogen) atoms. The van der Waals surface area contributed by atoms with E-state index in [1.165, 1.54) is 36.6 Å². The molecular formula is C20H18F5N3O4. The zero-order valence-corrected chi connectivity index (χ0v) is 16.8. The van der Waals surface area contributed by atoms with Crippen molar-refractivity contribution in [2.24, 2.45) is 0 Å². The summed E-state index contributed by atoms with van der Waals surface area (Å²) in [6.45, 7) is 0.616. The first-order chi connectivity index (χ1) is 15.0. The van der Waals surface area contributed by atoms with Crippen LogP contribution in [-0.4, -0.2) is 42.7 Å². The first-order valence-corrected chi connectivity index (χ1v) is 9.08. The summed E-state index contributed by atoms with van der Waals surface area (Å²) in [4.78, 5) is 34.9. The number of carbonyl (C=O) groups is 3. The highest BCUT2D eigenvalue weighted by Gasteiger charge is 2.40. The van der Waals surface area contributed by atoms with Crippen molar-refractivity contribution >= 4 is 17.9 Å². The van der Waals surface area contributed by atoms with Crippen molar-refractivity contribution in [1.82, 2.24) is 15.8 Å². The van der Waals surface area contributed by atoms with E-state index in [-0.39, 0.29) is 28.8 Å². The summed E-state index contributed by atoms with van der Waals surface area (Å²) in [5, 5.41) is 2.57. The van der Waals surface area contributed by atoms with Gasteiger partial charge in [0.1, 0.15) is 17.2 Å². The third-order valence-corrected chi connectivity index (χ3v) is 4.25. The van der Waals surface area contributed by atoms with Gasteiger partial charge in [-0.15, -0.1) is 0 Å². The normalized spacial score (nSPS) is 11.0. The maximum absolute atomic E-state index is 14.6. The molecule has 0 radical (unpaired) electrons. The molecule has 0 saturated carbocycles. The summed E-state index contributed by atoms with van der Waals surface area (Å²) in [5.41, 5.74) is 1.21.